The number of fused-ring (bicyclic) bond motifs is 1. The quantitative estimate of drug-likeness (QED) is 0.760. The lowest BCUT2D eigenvalue weighted by Crippen LogP contribution is -2.34. The first-order valence-corrected chi connectivity index (χ1v) is 9.05. The number of carboxylic acids is 1. The molecule has 1 saturated carbocycles. The first kappa shape index (κ1) is 17.3. The fourth-order valence-corrected chi connectivity index (χ4v) is 3.52. The van der Waals surface area contributed by atoms with Crippen LogP contribution in [0.4, 0.5) is 5.69 Å². The smallest absolute Gasteiger partial charge is 0.309 e. The van der Waals surface area contributed by atoms with E-state index in [2.05, 4.69) is 10.6 Å². The summed E-state index contributed by atoms with van der Waals surface area (Å²) >= 11 is 0. The molecule has 0 saturated heterocycles. The minimum Gasteiger partial charge on any atom is -0.481 e. The molecule has 2 aliphatic rings. The molecule has 0 aliphatic heterocycles. The Labute approximate surface area is 156 Å². The summed E-state index contributed by atoms with van der Waals surface area (Å²) in [5, 5.41) is 15.2. The van der Waals surface area contributed by atoms with Crippen LogP contribution < -0.4 is 10.6 Å². The molecule has 27 heavy (non-hydrogen) atoms. The minimum atomic E-state index is -0.922. The van der Waals surface area contributed by atoms with Gasteiger partial charge in [0.1, 0.15) is 0 Å². The Balaban J connectivity index is 1.47. The van der Waals surface area contributed by atoms with Crippen molar-refractivity contribution < 1.29 is 19.5 Å². The van der Waals surface area contributed by atoms with Gasteiger partial charge in [0, 0.05) is 17.2 Å². The highest BCUT2D eigenvalue weighted by Gasteiger charge is 2.38. The molecule has 6 nitrogen and oxygen atoms in total. The second kappa shape index (κ2) is 6.87. The van der Waals surface area contributed by atoms with Crippen LogP contribution in [0.25, 0.3) is 0 Å². The molecule has 0 heterocycles. The number of rotatable bonds is 5. The monoisotopic (exact) mass is 364 g/mol. The average Bonchev–Trinajstić information content (AvgIpc) is 3.45. The van der Waals surface area contributed by atoms with Gasteiger partial charge < -0.3 is 15.7 Å². The molecule has 0 spiro atoms. The predicted octanol–water partition coefficient (Wildman–Crippen LogP) is 2.76. The molecule has 3 N–H and O–H groups in total. The summed E-state index contributed by atoms with van der Waals surface area (Å²) in [5.74, 6) is -1.80. The van der Waals surface area contributed by atoms with Gasteiger partial charge in [0.25, 0.3) is 5.91 Å². The Morgan fingerprint density at radius 3 is 2.33 bits per heavy atom. The normalized spacial score (nSPS) is 20.6. The molecular formula is C21H20N2O4. The minimum absolute atomic E-state index is 0.0130. The van der Waals surface area contributed by atoms with E-state index in [0.717, 1.165) is 24.0 Å². The molecular weight excluding hydrogens is 344 g/mol. The SMILES string of the molecule is O=C(N[C@H]1c2ccccc2C[C@H]1C(=O)O)c1ccc(NC(=O)C2CC2)cc1. The summed E-state index contributed by atoms with van der Waals surface area (Å²) in [6.45, 7) is 0. The molecule has 2 amide bonds. The molecule has 2 aliphatic carbocycles. The van der Waals surface area contributed by atoms with Crippen molar-refractivity contribution in [2.24, 2.45) is 11.8 Å². The maximum atomic E-state index is 12.6. The van der Waals surface area contributed by atoms with Crippen LogP contribution in [0.1, 0.15) is 40.4 Å². The fourth-order valence-electron chi connectivity index (χ4n) is 3.52. The summed E-state index contributed by atoms with van der Waals surface area (Å²) in [6, 6.07) is 13.6. The van der Waals surface area contributed by atoms with E-state index < -0.39 is 17.9 Å². The zero-order chi connectivity index (χ0) is 19.0. The number of benzene rings is 2. The van der Waals surface area contributed by atoms with Crippen molar-refractivity contribution >= 4 is 23.5 Å². The summed E-state index contributed by atoms with van der Waals surface area (Å²) in [7, 11) is 0. The van der Waals surface area contributed by atoms with Gasteiger partial charge in [0.2, 0.25) is 5.91 Å². The molecule has 138 valence electrons. The van der Waals surface area contributed by atoms with Crippen molar-refractivity contribution in [2.75, 3.05) is 5.32 Å². The molecule has 0 unspecified atom stereocenters. The van der Waals surface area contributed by atoms with Gasteiger partial charge in [0.05, 0.1) is 12.0 Å². The Bertz CT molecular complexity index is 903. The predicted molar refractivity (Wildman–Crippen MR) is 99.3 cm³/mol. The number of carbonyl (C=O) groups excluding carboxylic acids is 2. The third kappa shape index (κ3) is 3.56. The molecule has 2 atom stereocenters. The standard InChI is InChI=1S/C21H20N2O4/c24-19(12-5-6-12)22-15-9-7-13(8-10-15)20(25)23-18-16-4-2-1-3-14(16)11-17(18)21(26)27/h1-4,7-10,12,17-18H,5-6,11H2,(H,22,24)(H,23,25)(H,26,27)/t17-,18+/m1/s1. The summed E-state index contributed by atoms with van der Waals surface area (Å²) < 4.78 is 0. The van der Waals surface area contributed by atoms with Crippen molar-refractivity contribution in [3.8, 4) is 0 Å². The lowest BCUT2D eigenvalue weighted by Gasteiger charge is -2.19. The highest BCUT2D eigenvalue weighted by Crippen LogP contribution is 2.36. The van der Waals surface area contributed by atoms with Gasteiger partial charge in [-0.1, -0.05) is 24.3 Å². The van der Waals surface area contributed by atoms with Gasteiger partial charge >= 0.3 is 5.97 Å². The Hall–Kier alpha value is -3.15. The zero-order valence-electron chi connectivity index (χ0n) is 14.6. The Kier molecular flexibility index (Phi) is 4.39. The second-order valence-electron chi connectivity index (χ2n) is 7.14. The van der Waals surface area contributed by atoms with Crippen molar-refractivity contribution in [3.05, 3.63) is 65.2 Å². The number of amides is 2. The van der Waals surface area contributed by atoms with Gasteiger partial charge in [-0.05, 0) is 54.7 Å². The van der Waals surface area contributed by atoms with Crippen molar-refractivity contribution in [2.45, 2.75) is 25.3 Å². The van der Waals surface area contributed by atoms with E-state index in [1.807, 2.05) is 24.3 Å². The number of carboxylic acid groups (broad SMARTS) is 1. The molecule has 1 fully saturated rings. The maximum Gasteiger partial charge on any atom is 0.309 e. The van der Waals surface area contributed by atoms with E-state index in [1.54, 1.807) is 24.3 Å². The van der Waals surface area contributed by atoms with Gasteiger partial charge in [-0.25, -0.2) is 0 Å². The second-order valence-corrected chi connectivity index (χ2v) is 7.14. The Morgan fingerprint density at radius 1 is 0.963 bits per heavy atom. The first-order valence-electron chi connectivity index (χ1n) is 9.05. The topological polar surface area (TPSA) is 95.5 Å². The van der Waals surface area contributed by atoms with E-state index >= 15 is 0 Å². The number of anilines is 1. The van der Waals surface area contributed by atoms with Crippen molar-refractivity contribution in [3.63, 3.8) is 0 Å². The third-order valence-electron chi connectivity index (χ3n) is 5.20. The lowest BCUT2D eigenvalue weighted by atomic mass is 10.00. The van der Waals surface area contributed by atoms with Crippen molar-refractivity contribution in [1.82, 2.24) is 5.32 Å². The molecule has 0 radical (unpaired) electrons. The average molecular weight is 364 g/mol. The summed E-state index contributed by atoms with van der Waals surface area (Å²) in [6.07, 6.45) is 2.27. The van der Waals surface area contributed by atoms with E-state index in [0.29, 0.717) is 17.7 Å². The molecule has 2 aromatic rings. The van der Waals surface area contributed by atoms with Gasteiger partial charge in [-0.2, -0.15) is 0 Å². The van der Waals surface area contributed by atoms with Crippen LogP contribution in [0.3, 0.4) is 0 Å². The molecule has 4 rings (SSSR count). The van der Waals surface area contributed by atoms with Crippen LogP contribution in [-0.4, -0.2) is 22.9 Å². The fraction of sp³-hybridized carbons (Fsp3) is 0.286. The van der Waals surface area contributed by atoms with E-state index in [4.69, 9.17) is 0 Å². The van der Waals surface area contributed by atoms with Crippen molar-refractivity contribution in [1.29, 1.82) is 0 Å². The van der Waals surface area contributed by atoms with Crippen LogP contribution in [0, 0.1) is 11.8 Å². The van der Waals surface area contributed by atoms with Gasteiger partial charge in [-0.15, -0.1) is 0 Å². The largest absolute Gasteiger partial charge is 0.481 e. The number of hydrogen-bond donors (Lipinski definition) is 3. The maximum absolute atomic E-state index is 12.6. The van der Waals surface area contributed by atoms with Gasteiger partial charge in [0.15, 0.2) is 0 Å². The zero-order valence-corrected chi connectivity index (χ0v) is 14.6. The van der Waals surface area contributed by atoms with Gasteiger partial charge in [-0.3, -0.25) is 14.4 Å². The lowest BCUT2D eigenvalue weighted by molar-refractivity contribution is -0.142. The van der Waals surface area contributed by atoms with E-state index in [-0.39, 0.29) is 17.7 Å². The first-order chi connectivity index (χ1) is 13.0. The van der Waals surface area contributed by atoms with E-state index in [9.17, 15) is 19.5 Å². The summed E-state index contributed by atoms with van der Waals surface area (Å²) in [5.41, 5.74) is 2.88. The Morgan fingerprint density at radius 2 is 1.67 bits per heavy atom. The summed E-state index contributed by atoms with van der Waals surface area (Å²) in [4.78, 5) is 36.0. The molecule has 6 heteroatoms. The van der Waals surface area contributed by atoms with Crippen LogP contribution in [0.5, 0.6) is 0 Å². The molecule has 0 aromatic heterocycles. The molecule has 2 aromatic carbocycles. The van der Waals surface area contributed by atoms with Crippen LogP contribution in [0.2, 0.25) is 0 Å². The molecule has 0 bridgehead atoms. The third-order valence-corrected chi connectivity index (χ3v) is 5.20. The highest BCUT2D eigenvalue weighted by molar-refractivity contribution is 5.97. The van der Waals surface area contributed by atoms with E-state index in [1.165, 1.54) is 0 Å². The number of aliphatic carboxylic acids is 1. The number of hydrogen-bond acceptors (Lipinski definition) is 3. The number of carbonyl (C=O) groups is 3. The van der Waals surface area contributed by atoms with Crippen LogP contribution >= 0.6 is 0 Å². The van der Waals surface area contributed by atoms with Crippen LogP contribution in [-0.2, 0) is 16.0 Å². The number of nitrogens with one attached hydrogen (secondary N) is 2. The highest BCUT2D eigenvalue weighted by atomic mass is 16.4. The van der Waals surface area contributed by atoms with Crippen LogP contribution in [0.15, 0.2) is 48.5 Å².